The third-order valence-electron chi connectivity index (χ3n) is 4.68. The molecule has 9 heteroatoms. The number of rotatable bonds is 2. The van der Waals surface area contributed by atoms with Crippen molar-refractivity contribution in [2.45, 2.75) is 24.0 Å². The first kappa shape index (κ1) is 16.3. The number of aromatic carboxylic acids is 1. The van der Waals surface area contributed by atoms with Gasteiger partial charge in [0.25, 0.3) is 0 Å². The average molecular weight is 367 g/mol. The highest BCUT2D eigenvalue weighted by Gasteiger charge is 2.31. The van der Waals surface area contributed by atoms with Gasteiger partial charge in [0.2, 0.25) is 5.43 Å². The van der Waals surface area contributed by atoms with Crippen molar-refractivity contribution >= 4 is 34.3 Å². The van der Waals surface area contributed by atoms with Gasteiger partial charge in [-0.25, -0.2) is 13.6 Å². The molecule has 0 amide bonds. The Morgan fingerprint density at radius 1 is 1.36 bits per heavy atom. The number of carbonyl (C=O) groups is 1. The van der Waals surface area contributed by atoms with Gasteiger partial charge in [0, 0.05) is 31.4 Å². The topological polar surface area (TPSA) is 88.6 Å². The number of aryl methyl sites for hydroxylation is 1. The normalized spacial score (nSPS) is 19.6. The van der Waals surface area contributed by atoms with E-state index in [2.05, 4.69) is 0 Å². The number of benzene rings is 1. The van der Waals surface area contributed by atoms with E-state index in [9.17, 15) is 19.1 Å². The van der Waals surface area contributed by atoms with Crippen molar-refractivity contribution in [3.8, 4) is 0 Å². The first-order chi connectivity index (χ1) is 11.9. The summed E-state index contributed by atoms with van der Waals surface area (Å²) < 4.78 is 31.3. The van der Waals surface area contributed by atoms with Crippen molar-refractivity contribution in [2.75, 3.05) is 23.7 Å². The Morgan fingerprint density at radius 2 is 2.12 bits per heavy atom. The van der Waals surface area contributed by atoms with E-state index < -0.39 is 28.6 Å². The minimum Gasteiger partial charge on any atom is -0.477 e. The van der Waals surface area contributed by atoms with Crippen LogP contribution in [0, 0.1) is 11.6 Å². The summed E-state index contributed by atoms with van der Waals surface area (Å²) in [7, 11) is 0. The predicted molar refractivity (Wildman–Crippen MR) is 90.6 cm³/mol. The molecule has 4 rings (SSSR count). The Morgan fingerprint density at radius 3 is 2.76 bits per heavy atom. The van der Waals surface area contributed by atoms with Gasteiger partial charge in [-0.2, -0.15) is 0 Å². The molecule has 2 aromatic rings. The van der Waals surface area contributed by atoms with Crippen molar-refractivity contribution in [3.63, 3.8) is 0 Å². The van der Waals surface area contributed by atoms with E-state index in [-0.39, 0.29) is 27.7 Å². The molecule has 0 radical (unpaired) electrons. The minimum absolute atomic E-state index is 0.0353. The number of fused-ring (bicyclic) bond motifs is 3. The quantitative estimate of drug-likeness (QED) is 0.839. The van der Waals surface area contributed by atoms with E-state index in [0.717, 1.165) is 6.07 Å². The number of pyridine rings is 1. The zero-order valence-electron chi connectivity index (χ0n) is 13.1. The van der Waals surface area contributed by atoms with Crippen LogP contribution in [0.2, 0.25) is 0 Å². The van der Waals surface area contributed by atoms with Crippen LogP contribution in [-0.2, 0) is 6.54 Å². The van der Waals surface area contributed by atoms with Crippen LogP contribution in [0.15, 0.2) is 15.9 Å². The lowest BCUT2D eigenvalue weighted by molar-refractivity contribution is 0.0690. The number of carboxylic acid groups (broad SMARTS) is 1. The molecule has 0 bridgehead atoms. The van der Waals surface area contributed by atoms with E-state index in [1.807, 2.05) is 0 Å². The largest absolute Gasteiger partial charge is 0.477 e. The van der Waals surface area contributed by atoms with E-state index in [0.29, 0.717) is 31.8 Å². The van der Waals surface area contributed by atoms with Crippen LogP contribution >= 0.6 is 11.8 Å². The van der Waals surface area contributed by atoms with Crippen molar-refractivity contribution in [2.24, 2.45) is 5.73 Å². The summed E-state index contributed by atoms with van der Waals surface area (Å²) >= 11 is 1.19. The van der Waals surface area contributed by atoms with Crippen LogP contribution in [0.4, 0.5) is 14.5 Å². The van der Waals surface area contributed by atoms with E-state index in [1.54, 1.807) is 4.90 Å². The number of carboxylic acids is 1. The molecule has 3 heterocycles. The molecule has 1 aromatic carbocycles. The monoisotopic (exact) mass is 367 g/mol. The molecule has 2 aliphatic heterocycles. The number of hydrogen-bond donors (Lipinski definition) is 2. The molecule has 0 aliphatic carbocycles. The van der Waals surface area contributed by atoms with Crippen LogP contribution in [0.5, 0.6) is 0 Å². The average Bonchev–Trinajstić information content (AvgIpc) is 3.16. The first-order valence-electron chi connectivity index (χ1n) is 7.85. The molecular formula is C16H15F2N3O3S. The molecule has 0 spiro atoms. The van der Waals surface area contributed by atoms with Gasteiger partial charge in [-0.3, -0.25) is 4.79 Å². The van der Waals surface area contributed by atoms with Crippen LogP contribution in [-0.4, -0.2) is 40.5 Å². The Hall–Kier alpha value is -2.13. The molecule has 1 saturated heterocycles. The van der Waals surface area contributed by atoms with Gasteiger partial charge in [-0.05, 0) is 12.5 Å². The van der Waals surface area contributed by atoms with Gasteiger partial charge in [-0.1, -0.05) is 0 Å². The lowest BCUT2D eigenvalue weighted by Crippen LogP contribution is -2.28. The highest BCUT2D eigenvalue weighted by Crippen LogP contribution is 2.37. The second-order valence-electron chi connectivity index (χ2n) is 6.23. The van der Waals surface area contributed by atoms with Gasteiger partial charge in [0.15, 0.2) is 5.82 Å². The van der Waals surface area contributed by atoms with Crippen LogP contribution in [0.1, 0.15) is 16.8 Å². The predicted octanol–water partition coefficient (Wildman–Crippen LogP) is 1.62. The van der Waals surface area contributed by atoms with Gasteiger partial charge in [-0.15, -0.1) is 11.8 Å². The smallest absolute Gasteiger partial charge is 0.342 e. The zero-order chi connectivity index (χ0) is 17.9. The molecular weight excluding hydrogens is 352 g/mol. The Balaban J connectivity index is 2.07. The van der Waals surface area contributed by atoms with Crippen molar-refractivity contribution in [3.05, 3.63) is 33.5 Å². The summed E-state index contributed by atoms with van der Waals surface area (Å²) in [6.07, 6.45) is 0.628. The number of aromatic nitrogens is 1. The summed E-state index contributed by atoms with van der Waals surface area (Å²) in [6, 6.07) is 0.788. The number of hydrogen-bond acceptors (Lipinski definition) is 5. The van der Waals surface area contributed by atoms with Crippen LogP contribution in [0.25, 0.3) is 10.9 Å². The van der Waals surface area contributed by atoms with Crippen LogP contribution in [0.3, 0.4) is 0 Å². The number of halogens is 2. The summed E-state index contributed by atoms with van der Waals surface area (Å²) in [4.78, 5) is 25.6. The second kappa shape index (κ2) is 5.70. The first-order valence-corrected chi connectivity index (χ1v) is 8.83. The number of nitrogens with two attached hydrogens (primary N) is 1. The lowest BCUT2D eigenvalue weighted by Gasteiger charge is -2.22. The third-order valence-corrected chi connectivity index (χ3v) is 5.76. The molecule has 2 aliphatic rings. The molecule has 132 valence electrons. The lowest BCUT2D eigenvalue weighted by atomic mass is 10.1. The highest BCUT2D eigenvalue weighted by atomic mass is 32.2. The SMILES string of the molecule is NC1CCN(c2c(F)cc3c(=O)c(C(=O)O)c4n(c3c2F)CCS4)C1. The number of anilines is 1. The summed E-state index contributed by atoms with van der Waals surface area (Å²) in [5.74, 6) is -2.57. The molecule has 0 saturated carbocycles. The standard InChI is InChI=1S/C16H15F2N3O3S/c17-9-5-8-12(11(18)13(9)20-2-1-7(19)6-20)21-3-4-25-15(21)10(14(8)22)16(23)24/h5,7H,1-4,6,19H2,(H,23,24). The molecule has 1 atom stereocenters. The molecule has 1 unspecified atom stereocenters. The summed E-state index contributed by atoms with van der Waals surface area (Å²) in [5, 5.41) is 9.33. The summed E-state index contributed by atoms with van der Waals surface area (Å²) in [5.41, 5.74) is 4.32. The Bertz CT molecular complexity index is 976. The fraction of sp³-hybridized carbons (Fsp3) is 0.375. The summed E-state index contributed by atoms with van der Waals surface area (Å²) in [6.45, 7) is 1.12. The van der Waals surface area contributed by atoms with E-state index in [4.69, 9.17) is 5.73 Å². The van der Waals surface area contributed by atoms with Crippen molar-refractivity contribution < 1.29 is 18.7 Å². The minimum atomic E-state index is -1.39. The number of thioether (sulfide) groups is 1. The molecule has 25 heavy (non-hydrogen) atoms. The maximum atomic E-state index is 15.2. The van der Waals surface area contributed by atoms with Gasteiger partial charge < -0.3 is 20.3 Å². The van der Waals surface area contributed by atoms with Crippen LogP contribution < -0.4 is 16.1 Å². The molecule has 6 nitrogen and oxygen atoms in total. The highest BCUT2D eigenvalue weighted by molar-refractivity contribution is 7.99. The van der Waals surface area contributed by atoms with E-state index >= 15 is 4.39 Å². The maximum absolute atomic E-state index is 15.2. The second-order valence-corrected chi connectivity index (χ2v) is 7.31. The molecule has 1 aromatic heterocycles. The number of nitrogens with zero attached hydrogens (tertiary/aromatic N) is 2. The van der Waals surface area contributed by atoms with Gasteiger partial charge in [0.1, 0.15) is 17.1 Å². The third kappa shape index (κ3) is 2.33. The fourth-order valence-electron chi connectivity index (χ4n) is 3.57. The Labute approximate surface area is 145 Å². The Kier molecular flexibility index (Phi) is 3.73. The molecule has 3 N–H and O–H groups in total. The zero-order valence-corrected chi connectivity index (χ0v) is 13.9. The van der Waals surface area contributed by atoms with E-state index in [1.165, 1.54) is 16.3 Å². The maximum Gasteiger partial charge on any atom is 0.342 e. The van der Waals surface area contributed by atoms with Gasteiger partial charge >= 0.3 is 5.97 Å². The molecule has 1 fully saturated rings. The van der Waals surface area contributed by atoms with Gasteiger partial charge in [0.05, 0.1) is 15.9 Å². The van der Waals surface area contributed by atoms with Crippen molar-refractivity contribution in [1.29, 1.82) is 0 Å². The van der Waals surface area contributed by atoms with Crippen molar-refractivity contribution in [1.82, 2.24) is 4.57 Å². The fourth-order valence-corrected chi connectivity index (χ4v) is 4.70.